The van der Waals surface area contributed by atoms with Crippen LogP contribution in [0.1, 0.15) is 22.3 Å². The number of amides is 1. The van der Waals surface area contributed by atoms with Crippen LogP contribution in [0.2, 0.25) is 0 Å². The number of hydrogen-bond donors (Lipinski definition) is 1. The van der Waals surface area contributed by atoms with Crippen molar-refractivity contribution in [1.82, 2.24) is 9.88 Å². The summed E-state index contributed by atoms with van der Waals surface area (Å²) in [6, 6.07) is 11.9. The van der Waals surface area contributed by atoms with Gasteiger partial charge in [-0.05, 0) is 36.6 Å². The normalized spacial score (nSPS) is 13.6. The third kappa shape index (κ3) is 3.19. The number of pyridine rings is 1. The predicted molar refractivity (Wildman–Crippen MR) is 90.1 cm³/mol. The highest BCUT2D eigenvalue weighted by Crippen LogP contribution is 2.32. The van der Waals surface area contributed by atoms with Crippen LogP contribution in [-0.2, 0) is 6.42 Å². The minimum atomic E-state index is -0.104. The molecule has 1 aliphatic rings. The minimum Gasteiger partial charge on any atom is -0.395 e. The molecule has 0 saturated heterocycles. The van der Waals surface area contributed by atoms with Gasteiger partial charge in [0.25, 0.3) is 5.91 Å². The van der Waals surface area contributed by atoms with E-state index in [4.69, 9.17) is 5.11 Å². The van der Waals surface area contributed by atoms with Gasteiger partial charge in [0.05, 0.1) is 6.61 Å². The van der Waals surface area contributed by atoms with Gasteiger partial charge in [-0.3, -0.25) is 4.79 Å². The van der Waals surface area contributed by atoms with Gasteiger partial charge in [0.15, 0.2) is 0 Å². The highest BCUT2D eigenvalue weighted by atomic mass is 16.3. The number of anilines is 2. The average molecular weight is 311 g/mol. The van der Waals surface area contributed by atoms with Gasteiger partial charge in [-0.15, -0.1) is 0 Å². The first kappa shape index (κ1) is 15.5. The lowest BCUT2D eigenvalue weighted by Gasteiger charge is -2.30. The van der Waals surface area contributed by atoms with Gasteiger partial charge in [-0.25, -0.2) is 4.98 Å². The molecule has 1 aromatic heterocycles. The summed E-state index contributed by atoms with van der Waals surface area (Å²) in [6.07, 6.45) is 3.82. The van der Waals surface area contributed by atoms with E-state index in [-0.39, 0.29) is 12.5 Å². The monoisotopic (exact) mass is 311 g/mol. The Labute approximate surface area is 136 Å². The van der Waals surface area contributed by atoms with E-state index in [1.807, 2.05) is 12.1 Å². The van der Waals surface area contributed by atoms with Gasteiger partial charge in [0.2, 0.25) is 0 Å². The Morgan fingerprint density at radius 3 is 3.00 bits per heavy atom. The first-order chi connectivity index (χ1) is 11.2. The van der Waals surface area contributed by atoms with E-state index >= 15 is 0 Å². The summed E-state index contributed by atoms with van der Waals surface area (Å²) in [4.78, 5) is 20.5. The first-order valence-corrected chi connectivity index (χ1v) is 7.88. The largest absolute Gasteiger partial charge is 0.395 e. The number of likely N-dealkylation sites (N-methyl/N-ethyl adjacent to an activating group) is 1. The number of aliphatic hydroxyl groups is 1. The molecule has 120 valence electrons. The van der Waals surface area contributed by atoms with Crippen LogP contribution in [0.25, 0.3) is 0 Å². The smallest absolute Gasteiger partial charge is 0.253 e. The number of nitrogens with zero attached hydrogens (tertiary/aromatic N) is 3. The molecule has 5 nitrogen and oxygen atoms in total. The summed E-state index contributed by atoms with van der Waals surface area (Å²) in [7, 11) is 1.69. The summed E-state index contributed by atoms with van der Waals surface area (Å²) in [5.74, 6) is 0.688. The van der Waals surface area contributed by atoms with E-state index in [1.165, 1.54) is 16.2 Å². The lowest BCUT2D eigenvalue weighted by atomic mass is 10.0. The molecule has 0 saturated carbocycles. The second-order valence-corrected chi connectivity index (χ2v) is 5.74. The highest BCUT2D eigenvalue weighted by Gasteiger charge is 2.20. The number of carbonyl (C=O) groups is 1. The third-order valence-corrected chi connectivity index (χ3v) is 4.16. The molecule has 0 fully saturated rings. The molecule has 0 spiro atoms. The van der Waals surface area contributed by atoms with Gasteiger partial charge < -0.3 is 14.9 Å². The van der Waals surface area contributed by atoms with Gasteiger partial charge in [0, 0.05) is 37.6 Å². The third-order valence-electron chi connectivity index (χ3n) is 4.16. The van der Waals surface area contributed by atoms with Crippen molar-refractivity contribution in [1.29, 1.82) is 0 Å². The van der Waals surface area contributed by atoms with Crippen molar-refractivity contribution >= 4 is 17.4 Å². The topological polar surface area (TPSA) is 56.7 Å². The molecular weight excluding hydrogens is 290 g/mol. The second kappa shape index (κ2) is 6.79. The molecule has 2 aromatic rings. The van der Waals surface area contributed by atoms with Crippen LogP contribution in [-0.4, -0.2) is 47.6 Å². The van der Waals surface area contributed by atoms with Crippen molar-refractivity contribution in [2.75, 3.05) is 31.6 Å². The minimum absolute atomic E-state index is 0.0420. The Morgan fingerprint density at radius 2 is 2.17 bits per heavy atom. The van der Waals surface area contributed by atoms with Crippen LogP contribution in [0.4, 0.5) is 11.5 Å². The molecule has 1 N–H and O–H groups in total. The van der Waals surface area contributed by atoms with Crippen LogP contribution in [0.3, 0.4) is 0 Å². The van der Waals surface area contributed by atoms with Crippen molar-refractivity contribution in [3.05, 3.63) is 53.7 Å². The zero-order valence-corrected chi connectivity index (χ0v) is 13.3. The van der Waals surface area contributed by atoms with Crippen LogP contribution in [0.15, 0.2) is 42.6 Å². The molecule has 0 atom stereocenters. The van der Waals surface area contributed by atoms with Gasteiger partial charge in [-0.2, -0.15) is 0 Å². The van der Waals surface area contributed by atoms with E-state index in [2.05, 4.69) is 28.1 Å². The van der Waals surface area contributed by atoms with Crippen molar-refractivity contribution < 1.29 is 9.90 Å². The number of carbonyl (C=O) groups excluding carboxylic acids is 1. The molecule has 1 aromatic carbocycles. The summed E-state index contributed by atoms with van der Waals surface area (Å²) in [5.41, 5.74) is 3.07. The molecule has 5 heteroatoms. The van der Waals surface area contributed by atoms with Gasteiger partial charge in [-0.1, -0.05) is 18.2 Å². The maximum Gasteiger partial charge on any atom is 0.253 e. The predicted octanol–water partition coefficient (Wildman–Crippen LogP) is 2.23. The Bertz CT molecular complexity index is 702. The van der Waals surface area contributed by atoms with Gasteiger partial charge in [0.1, 0.15) is 5.82 Å². The van der Waals surface area contributed by atoms with Crippen LogP contribution in [0, 0.1) is 0 Å². The molecule has 0 unspecified atom stereocenters. The van der Waals surface area contributed by atoms with Crippen molar-refractivity contribution in [3.63, 3.8) is 0 Å². The lowest BCUT2D eigenvalue weighted by molar-refractivity contribution is 0.0767. The molecule has 3 rings (SSSR count). The number of rotatable bonds is 4. The maximum absolute atomic E-state index is 12.4. The Morgan fingerprint density at radius 1 is 1.35 bits per heavy atom. The number of fused-ring (bicyclic) bond motifs is 1. The molecular formula is C18H21N3O2. The molecule has 0 aliphatic carbocycles. The van der Waals surface area contributed by atoms with Crippen molar-refractivity contribution in [2.24, 2.45) is 0 Å². The number of para-hydroxylation sites is 1. The SMILES string of the molecule is CN(CCO)C(=O)c1ccnc(N2CCCc3ccccc32)c1. The standard InChI is InChI=1S/C18H21N3O2/c1-20(11-12-22)18(23)15-8-9-19-17(13-15)21-10-4-6-14-5-2-3-7-16(14)21/h2-3,5,7-9,13,22H,4,6,10-12H2,1H3. The fourth-order valence-electron chi connectivity index (χ4n) is 2.94. The highest BCUT2D eigenvalue weighted by molar-refractivity contribution is 5.94. The first-order valence-electron chi connectivity index (χ1n) is 7.88. The number of aromatic nitrogens is 1. The number of aliphatic hydroxyl groups excluding tert-OH is 1. The quantitative estimate of drug-likeness (QED) is 0.941. The van der Waals surface area contributed by atoms with Crippen LogP contribution >= 0.6 is 0 Å². The number of hydrogen-bond acceptors (Lipinski definition) is 4. The number of aryl methyl sites for hydroxylation is 1. The van der Waals surface area contributed by atoms with Crippen LogP contribution in [0.5, 0.6) is 0 Å². The summed E-state index contributed by atoms with van der Waals surface area (Å²) in [6.45, 7) is 1.18. The molecule has 23 heavy (non-hydrogen) atoms. The number of benzene rings is 1. The zero-order chi connectivity index (χ0) is 16.2. The van der Waals surface area contributed by atoms with E-state index in [0.29, 0.717) is 12.1 Å². The summed E-state index contributed by atoms with van der Waals surface area (Å²) in [5, 5.41) is 8.99. The fraction of sp³-hybridized carbons (Fsp3) is 0.333. The molecule has 0 radical (unpaired) electrons. The van der Waals surface area contributed by atoms with E-state index in [1.54, 1.807) is 19.3 Å². The Kier molecular flexibility index (Phi) is 4.57. The zero-order valence-electron chi connectivity index (χ0n) is 13.3. The summed E-state index contributed by atoms with van der Waals surface area (Å²) >= 11 is 0. The molecule has 1 amide bonds. The Balaban J connectivity index is 1.91. The van der Waals surface area contributed by atoms with Crippen LogP contribution < -0.4 is 4.90 Å². The Hall–Kier alpha value is -2.40. The average Bonchev–Trinajstić information content (AvgIpc) is 2.61. The van der Waals surface area contributed by atoms with E-state index in [0.717, 1.165) is 25.2 Å². The maximum atomic E-state index is 12.4. The van der Waals surface area contributed by atoms with Crippen molar-refractivity contribution in [3.8, 4) is 0 Å². The fourth-order valence-corrected chi connectivity index (χ4v) is 2.94. The van der Waals surface area contributed by atoms with E-state index < -0.39 is 0 Å². The van der Waals surface area contributed by atoms with E-state index in [9.17, 15) is 4.79 Å². The van der Waals surface area contributed by atoms with Gasteiger partial charge >= 0.3 is 0 Å². The molecule has 0 bridgehead atoms. The second-order valence-electron chi connectivity index (χ2n) is 5.74. The molecule has 1 aliphatic heterocycles. The lowest BCUT2D eigenvalue weighted by Crippen LogP contribution is -2.30. The summed E-state index contributed by atoms with van der Waals surface area (Å²) < 4.78 is 0. The van der Waals surface area contributed by atoms with Crippen molar-refractivity contribution in [2.45, 2.75) is 12.8 Å². The molecule has 2 heterocycles.